The van der Waals surface area contributed by atoms with E-state index in [4.69, 9.17) is 11.6 Å². The summed E-state index contributed by atoms with van der Waals surface area (Å²) in [6.07, 6.45) is 1.83. The van der Waals surface area contributed by atoms with Gasteiger partial charge in [0.05, 0.1) is 16.4 Å². The zero-order chi connectivity index (χ0) is 17.3. The molecule has 0 spiro atoms. The molecule has 0 atom stereocenters. The average Bonchev–Trinajstić information content (AvgIpc) is 2.91. The van der Waals surface area contributed by atoms with Crippen LogP contribution in [0.3, 0.4) is 0 Å². The van der Waals surface area contributed by atoms with Crippen LogP contribution in [-0.2, 0) is 0 Å². The minimum absolute atomic E-state index is 0.251. The van der Waals surface area contributed by atoms with Crippen molar-refractivity contribution in [2.75, 3.05) is 0 Å². The molecule has 3 rings (SSSR count). The van der Waals surface area contributed by atoms with Gasteiger partial charge >= 0.3 is 0 Å². The van der Waals surface area contributed by atoms with E-state index in [0.717, 1.165) is 22.8 Å². The summed E-state index contributed by atoms with van der Waals surface area (Å²) in [6, 6.07) is 11.9. The Morgan fingerprint density at radius 3 is 2.25 bits per heavy atom. The van der Waals surface area contributed by atoms with Crippen LogP contribution in [0.4, 0.5) is 11.5 Å². The Labute approximate surface area is 147 Å². The number of benzene rings is 1. The van der Waals surface area contributed by atoms with Gasteiger partial charge < -0.3 is 0 Å². The van der Waals surface area contributed by atoms with Crippen LogP contribution in [0.1, 0.15) is 50.8 Å². The lowest BCUT2D eigenvalue weighted by molar-refractivity contribution is 0.831. The van der Waals surface area contributed by atoms with Gasteiger partial charge in [-0.05, 0) is 41.7 Å². The van der Waals surface area contributed by atoms with Crippen molar-refractivity contribution in [3.63, 3.8) is 0 Å². The van der Waals surface area contributed by atoms with Crippen LogP contribution in [0.2, 0.25) is 5.02 Å². The zero-order valence-electron chi connectivity index (χ0n) is 14.4. The molecule has 0 saturated heterocycles. The lowest BCUT2D eigenvalue weighted by Gasteiger charge is -2.04. The molecule has 124 valence electrons. The van der Waals surface area contributed by atoms with Crippen LogP contribution in [0.15, 0.2) is 52.8 Å². The highest BCUT2D eigenvalue weighted by Gasteiger charge is 2.15. The van der Waals surface area contributed by atoms with E-state index in [1.54, 1.807) is 0 Å². The van der Waals surface area contributed by atoms with Crippen LogP contribution in [0.25, 0.3) is 5.65 Å². The summed E-state index contributed by atoms with van der Waals surface area (Å²) in [5, 5.41) is 9.51. The number of hydrogen-bond donors (Lipinski definition) is 0. The second-order valence-electron chi connectivity index (χ2n) is 6.50. The minimum atomic E-state index is 0.251. The summed E-state index contributed by atoms with van der Waals surface area (Å²) in [7, 11) is 0. The van der Waals surface area contributed by atoms with Gasteiger partial charge in [0, 0.05) is 6.20 Å². The van der Waals surface area contributed by atoms with E-state index in [-0.39, 0.29) is 5.92 Å². The molecule has 1 aromatic carbocycles. The molecule has 0 unspecified atom stereocenters. The smallest absolute Gasteiger partial charge is 0.183 e. The molecule has 0 bridgehead atoms. The molecule has 0 radical (unpaired) electrons. The SMILES string of the molecule is CC(C)c1ccc(N=Nc2c(C(C)C)nc3ccc(Cl)cn23)cc1. The maximum atomic E-state index is 6.12. The fraction of sp³-hybridized carbons (Fsp3) is 0.316. The van der Waals surface area contributed by atoms with Crippen LogP contribution in [-0.4, -0.2) is 9.38 Å². The number of azo groups is 1. The van der Waals surface area contributed by atoms with Crippen LogP contribution in [0.5, 0.6) is 0 Å². The molecule has 3 aromatic rings. The van der Waals surface area contributed by atoms with Gasteiger partial charge in [-0.2, -0.15) is 0 Å². The van der Waals surface area contributed by atoms with E-state index in [1.807, 2.05) is 34.9 Å². The monoisotopic (exact) mass is 340 g/mol. The maximum absolute atomic E-state index is 6.12. The average molecular weight is 341 g/mol. The Morgan fingerprint density at radius 1 is 0.917 bits per heavy atom. The molecule has 0 amide bonds. The molecule has 0 aliphatic rings. The van der Waals surface area contributed by atoms with Gasteiger partial charge in [-0.25, -0.2) is 4.98 Å². The molecule has 0 saturated carbocycles. The number of hydrogen-bond acceptors (Lipinski definition) is 3. The van der Waals surface area contributed by atoms with Crippen molar-refractivity contribution in [3.8, 4) is 0 Å². The first-order valence-electron chi connectivity index (χ1n) is 8.15. The molecule has 24 heavy (non-hydrogen) atoms. The van der Waals surface area contributed by atoms with Crippen molar-refractivity contribution in [2.45, 2.75) is 39.5 Å². The van der Waals surface area contributed by atoms with Crippen molar-refractivity contribution in [1.29, 1.82) is 0 Å². The van der Waals surface area contributed by atoms with Crippen LogP contribution >= 0.6 is 11.6 Å². The van der Waals surface area contributed by atoms with Crippen molar-refractivity contribution in [1.82, 2.24) is 9.38 Å². The van der Waals surface area contributed by atoms with Crippen LogP contribution < -0.4 is 0 Å². The largest absolute Gasteiger partial charge is 0.281 e. The van der Waals surface area contributed by atoms with E-state index in [2.05, 4.69) is 55.0 Å². The summed E-state index contributed by atoms with van der Waals surface area (Å²) in [5.41, 5.74) is 3.86. The molecular formula is C19H21ClN4. The molecule has 0 N–H and O–H groups in total. The number of aromatic nitrogens is 2. The third-order valence-electron chi connectivity index (χ3n) is 3.95. The quantitative estimate of drug-likeness (QED) is 0.490. The lowest BCUT2D eigenvalue weighted by atomic mass is 10.0. The summed E-state index contributed by atoms with van der Waals surface area (Å²) in [5.74, 6) is 1.49. The van der Waals surface area contributed by atoms with Gasteiger partial charge in [-0.3, -0.25) is 4.40 Å². The van der Waals surface area contributed by atoms with E-state index in [1.165, 1.54) is 5.56 Å². The van der Waals surface area contributed by atoms with Crippen molar-refractivity contribution in [3.05, 3.63) is 58.9 Å². The Morgan fingerprint density at radius 2 is 1.62 bits per heavy atom. The van der Waals surface area contributed by atoms with Crippen molar-refractivity contribution < 1.29 is 0 Å². The Balaban J connectivity index is 2.01. The highest BCUT2D eigenvalue weighted by atomic mass is 35.5. The fourth-order valence-electron chi connectivity index (χ4n) is 2.54. The Hall–Kier alpha value is -2.20. The van der Waals surface area contributed by atoms with Gasteiger partial charge in [0.2, 0.25) is 0 Å². The zero-order valence-corrected chi connectivity index (χ0v) is 15.1. The van der Waals surface area contributed by atoms with Crippen molar-refractivity contribution in [2.24, 2.45) is 10.2 Å². The second-order valence-corrected chi connectivity index (χ2v) is 6.93. The number of fused-ring (bicyclic) bond motifs is 1. The number of rotatable bonds is 4. The summed E-state index contributed by atoms with van der Waals surface area (Å²) in [4.78, 5) is 4.65. The molecule has 0 fully saturated rings. The van der Waals surface area contributed by atoms with Gasteiger partial charge in [-0.15, -0.1) is 10.2 Å². The number of nitrogens with zero attached hydrogens (tertiary/aromatic N) is 4. The van der Waals surface area contributed by atoms with E-state index in [9.17, 15) is 0 Å². The summed E-state index contributed by atoms with van der Waals surface area (Å²) >= 11 is 6.12. The predicted octanol–water partition coefficient (Wildman–Crippen LogP) is 6.65. The topological polar surface area (TPSA) is 42.0 Å². The first kappa shape index (κ1) is 16.7. The molecule has 0 aliphatic carbocycles. The maximum Gasteiger partial charge on any atom is 0.183 e. The number of imidazole rings is 1. The first-order valence-corrected chi connectivity index (χ1v) is 8.52. The first-order chi connectivity index (χ1) is 11.5. The Kier molecular flexibility index (Phi) is 4.67. The highest BCUT2D eigenvalue weighted by molar-refractivity contribution is 6.30. The van der Waals surface area contributed by atoms with Gasteiger partial charge in [-0.1, -0.05) is 51.4 Å². The Bertz CT molecular complexity index is 876. The molecule has 0 aliphatic heterocycles. The molecule has 2 heterocycles. The normalized spacial score (nSPS) is 12.1. The minimum Gasteiger partial charge on any atom is -0.281 e. The third-order valence-corrected chi connectivity index (χ3v) is 4.17. The second kappa shape index (κ2) is 6.73. The fourth-order valence-corrected chi connectivity index (χ4v) is 2.70. The molecule has 2 aromatic heterocycles. The van der Waals surface area contributed by atoms with E-state index >= 15 is 0 Å². The van der Waals surface area contributed by atoms with Crippen LogP contribution in [0, 0.1) is 0 Å². The molecule has 4 nitrogen and oxygen atoms in total. The predicted molar refractivity (Wildman–Crippen MR) is 99.0 cm³/mol. The van der Waals surface area contributed by atoms with E-state index in [0.29, 0.717) is 10.9 Å². The molecular weight excluding hydrogens is 320 g/mol. The third kappa shape index (κ3) is 3.34. The molecule has 5 heteroatoms. The van der Waals surface area contributed by atoms with Gasteiger partial charge in [0.25, 0.3) is 0 Å². The van der Waals surface area contributed by atoms with E-state index < -0.39 is 0 Å². The summed E-state index contributed by atoms with van der Waals surface area (Å²) < 4.78 is 1.89. The number of pyridine rings is 1. The van der Waals surface area contributed by atoms with Crippen molar-refractivity contribution >= 4 is 28.8 Å². The number of halogens is 1. The lowest BCUT2D eigenvalue weighted by Crippen LogP contribution is -1.88. The summed E-state index contributed by atoms with van der Waals surface area (Å²) in [6.45, 7) is 8.54. The highest BCUT2D eigenvalue weighted by Crippen LogP contribution is 2.30. The van der Waals surface area contributed by atoms with Gasteiger partial charge in [0.1, 0.15) is 5.65 Å². The standard InChI is InChI=1S/C19H21ClN4/c1-12(2)14-5-8-16(9-6-14)22-23-19-18(13(3)4)21-17-10-7-15(20)11-24(17)19/h5-13H,1-4H3. The van der Waals surface area contributed by atoms with Gasteiger partial charge in [0.15, 0.2) is 5.82 Å².